The van der Waals surface area contributed by atoms with E-state index in [2.05, 4.69) is 0 Å². The Hall–Kier alpha value is -0.800. The standard InChI is InChI=1S/C7H6F4/c1-5-4-6(8,9)2-3-7(5,10)11/h2-4H,1H3. The van der Waals surface area contributed by atoms with Crippen LogP contribution in [0.25, 0.3) is 0 Å². The van der Waals surface area contributed by atoms with Crippen molar-refractivity contribution in [1.82, 2.24) is 0 Å². The first-order chi connectivity index (χ1) is 4.83. The summed E-state index contributed by atoms with van der Waals surface area (Å²) in [5.74, 6) is -6.42. The van der Waals surface area contributed by atoms with Crippen LogP contribution in [-0.2, 0) is 0 Å². The molecule has 0 saturated carbocycles. The molecule has 0 fully saturated rings. The van der Waals surface area contributed by atoms with Gasteiger partial charge in [-0.15, -0.1) is 0 Å². The number of hydrogen-bond acceptors (Lipinski definition) is 0. The van der Waals surface area contributed by atoms with Gasteiger partial charge in [0.15, 0.2) is 0 Å². The molecule has 1 aliphatic carbocycles. The van der Waals surface area contributed by atoms with Crippen molar-refractivity contribution in [3.05, 3.63) is 23.8 Å². The molecular formula is C7H6F4. The van der Waals surface area contributed by atoms with Crippen LogP contribution in [0.4, 0.5) is 17.6 Å². The highest BCUT2D eigenvalue weighted by molar-refractivity contribution is 5.30. The zero-order valence-electron chi connectivity index (χ0n) is 5.74. The quantitative estimate of drug-likeness (QED) is 0.383. The van der Waals surface area contributed by atoms with Crippen LogP contribution in [0.15, 0.2) is 23.8 Å². The molecule has 0 amide bonds. The second-order valence-electron chi connectivity index (χ2n) is 2.46. The first kappa shape index (κ1) is 8.30. The van der Waals surface area contributed by atoms with Crippen molar-refractivity contribution in [2.24, 2.45) is 0 Å². The van der Waals surface area contributed by atoms with E-state index in [0.29, 0.717) is 0 Å². The first-order valence-electron chi connectivity index (χ1n) is 2.99. The smallest absolute Gasteiger partial charge is 0.197 e. The molecule has 0 bridgehead atoms. The molecule has 0 saturated heterocycles. The van der Waals surface area contributed by atoms with Crippen molar-refractivity contribution in [3.63, 3.8) is 0 Å². The van der Waals surface area contributed by atoms with Gasteiger partial charge in [0, 0.05) is 5.57 Å². The van der Waals surface area contributed by atoms with Crippen LogP contribution in [0.5, 0.6) is 0 Å². The minimum absolute atomic E-state index is 0.208. The predicted molar refractivity (Wildman–Crippen MR) is 32.8 cm³/mol. The molecule has 0 spiro atoms. The van der Waals surface area contributed by atoms with Crippen molar-refractivity contribution in [3.8, 4) is 0 Å². The fraction of sp³-hybridized carbons (Fsp3) is 0.429. The molecule has 0 aliphatic heterocycles. The van der Waals surface area contributed by atoms with Crippen LogP contribution in [-0.4, -0.2) is 11.8 Å². The Labute approximate surface area is 61.2 Å². The van der Waals surface area contributed by atoms with Crippen molar-refractivity contribution >= 4 is 0 Å². The second kappa shape index (κ2) is 2.09. The van der Waals surface area contributed by atoms with Crippen molar-refractivity contribution < 1.29 is 17.6 Å². The normalized spacial score (nSPS) is 26.5. The Morgan fingerprint density at radius 2 is 1.64 bits per heavy atom. The number of halogens is 4. The van der Waals surface area contributed by atoms with Crippen LogP contribution in [0, 0.1) is 0 Å². The number of hydrogen-bond donors (Lipinski definition) is 0. The SMILES string of the molecule is CC1=CC(F)(F)C=CC1(F)F. The van der Waals surface area contributed by atoms with Crippen molar-refractivity contribution in [2.45, 2.75) is 18.8 Å². The van der Waals surface area contributed by atoms with Crippen LogP contribution in [0.1, 0.15) is 6.92 Å². The van der Waals surface area contributed by atoms with Gasteiger partial charge in [-0.3, -0.25) is 0 Å². The highest BCUT2D eigenvalue weighted by Gasteiger charge is 2.37. The van der Waals surface area contributed by atoms with Crippen LogP contribution in [0.2, 0.25) is 0 Å². The minimum Gasteiger partial charge on any atom is -0.197 e. The molecule has 62 valence electrons. The fourth-order valence-electron chi connectivity index (χ4n) is 0.780. The summed E-state index contributed by atoms with van der Waals surface area (Å²) < 4.78 is 49.5. The Balaban J connectivity index is 2.98. The Morgan fingerprint density at radius 1 is 1.09 bits per heavy atom. The first-order valence-corrected chi connectivity index (χ1v) is 2.99. The van der Waals surface area contributed by atoms with E-state index in [-0.39, 0.29) is 18.2 Å². The average molecular weight is 166 g/mol. The van der Waals surface area contributed by atoms with E-state index in [1.165, 1.54) is 0 Å². The van der Waals surface area contributed by atoms with Crippen LogP contribution < -0.4 is 0 Å². The van der Waals surface area contributed by atoms with Crippen LogP contribution >= 0.6 is 0 Å². The lowest BCUT2D eigenvalue weighted by molar-refractivity contribution is 0.0614. The second-order valence-corrected chi connectivity index (χ2v) is 2.46. The van der Waals surface area contributed by atoms with Gasteiger partial charge in [0.1, 0.15) is 0 Å². The summed E-state index contributed by atoms with van der Waals surface area (Å²) >= 11 is 0. The van der Waals surface area contributed by atoms with Gasteiger partial charge in [-0.05, 0) is 25.2 Å². The molecule has 4 heteroatoms. The molecule has 0 nitrogen and oxygen atoms in total. The molecule has 0 aromatic carbocycles. The zero-order chi connectivity index (χ0) is 8.70. The van der Waals surface area contributed by atoms with Gasteiger partial charge < -0.3 is 0 Å². The monoisotopic (exact) mass is 166 g/mol. The molecule has 0 aromatic heterocycles. The Kier molecular flexibility index (Phi) is 1.58. The third-order valence-corrected chi connectivity index (χ3v) is 1.45. The number of rotatable bonds is 0. The van der Waals surface area contributed by atoms with Gasteiger partial charge in [-0.2, -0.15) is 17.6 Å². The van der Waals surface area contributed by atoms with E-state index < -0.39 is 17.4 Å². The average Bonchev–Trinajstić information content (AvgIpc) is 1.81. The summed E-state index contributed by atoms with van der Waals surface area (Å²) in [5.41, 5.74) is -0.606. The van der Waals surface area contributed by atoms with E-state index in [4.69, 9.17) is 0 Å². The number of alkyl halides is 4. The van der Waals surface area contributed by atoms with Gasteiger partial charge in [0.05, 0.1) is 0 Å². The van der Waals surface area contributed by atoms with Gasteiger partial charge in [-0.1, -0.05) is 0 Å². The van der Waals surface area contributed by atoms with Crippen molar-refractivity contribution in [2.75, 3.05) is 0 Å². The van der Waals surface area contributed by atoms with Gasteiger partial charge in [0.2, 0.25) is 0 Å². The lowest BCUT2D eigenvalue weighted by atomic mass is 10.0. The zero-order valence-corrected chi connectivity index (χ0v) is 5.74. The molecule has 0 unspecified atom stereocenters. The minimum atomic E-state index is -3.22. The van der Waals surface area contributed by atoms with E-state index in [1.807, 2.05) is 0 Å². The summed E-state index contributed by atoms with van der Waals surface area (Å²) in [4.78, 5) is 0. The van der Waals surface area contributed by atoms with E-state index in [9.17, 15) is 17.6 Å². The number of allylic oxidation sites excluding steroid dienone is 4. The van der Waals surface area contributed by atoms with E-state index >= 15 is 0 Å². The molecule has 0 aromatic rings. The summed E-state index contributed by atoms with van der Waals surface area (Å²) in [6.07, 6.45) is 0.704. The Morgan fingerprint density at radius 3 is 2.00 bits per heavy atom. The summed E-state index contributed by atoms with van der Waals surface area (Å²) in [6, 6.07) is 0. The molecule has 0 N–H and O–H groups in total. The van der Waals surface area contributed by atoms with Gasteiger partial charge >= 0.3 is 0 Å². The lowest BCUT2D eigenvalue weighted by Gasteiger charge is -2.20. The highest BCUT2D eigenvalue weighted by atomic mass is 19.3. The van der Waals surface area contributed by atoms with E-state index in [0.717, 1.165) is 6.92 Å². The summed E-state index contributed by atoms with van der Waals surface area (Å²) in [6.45, 7) is 0.984. The molecule has 0 heterocycles. The molecular weight excluding hydrogens is 160 g/mol. The maximum Gasteiger partial charge on any atom is 0.287 e. The molecule has 1 rings (SSSR count). The van der Waals surface area contributed by atoms with Gasteiger partial charge in [0.25, 0.3) is 11.8 Å². The fourth-order valence-corrected chi connectivity index (χ4v) is 0.780. The molecule has 1 aliphatic rings. The van der Waals surface area contributed by atoms with Gasteiger partial charge in [-0.25, -0.2) is 0 Å². The summed E-state index contributed by atoms with van der Waals surface area (Å²) in [5, 5.41) is 0. The van der Waals surface area contributed by atoms with E-state index in [1.54, 1.807) is 0 Å². The maximum atomic E-state index is 12.5. The van der Waals surface area contributed by atoms with Crippen LogP contribution in [0.3, 0.4) is 0 Å². The van der Waals surface area contributed by atoms with Crippen molar-refractivity contribution in [1.29, 1.82) is 0 Å². The largest absolute Gasteiger partial charge is 0.287 e. The predicted octanol–water partition coefficient (Wildman–Crippen LogP) is 2.77. The highest BCUT2D eigenvalue weighted by Crippen LogP contribution is 2.34. The third-order valence-electron chi connectivity index (χ3n) is 1.45. The maximum absolute atomic E-state index is 12.5. The lowest BCUT2D eigenvalue weighted by Crippen LogP contribution is -2.24. The third kappa shape index (κ3) is 1.61. The molecule has 11 heavy (non-hydrogen) atoms. The Bertz CT molecular complexity index is 225. The topological polar surface area (TPSA) is 0 Å². The molecule has 0 atom stereocenters. The molecule has 0 radical (unpaired) electrons. The summed E-state index contributed by atoms with van der Waals surface area (Å²) in [7, 11) is 0.